The molecular formula is C62H52BNOSi. The molecular weight excluding hydrogens is 814 g/mol. The zero-order chi connectivity index (χ0) is 47.6. The van der Waals surface area contributed by atoms with E-state index in [1.165, 1.54) is 48.5 Å². The van der Waals surface area contributed by atoms with Crippen LogP contribution in [0.1, 0.15) is 56.8 Å². The lowest BCUT2D eigenvalue weighted by Gasteiger charge is -2.42. The van der Waals surface area contributed by atoms with Gasteiger partial charge in [0.2, 0.25) is 0 Å². The normalized spacial score (nSPS) is 14.7. The lowest BCUT2D eigenvalue weighted by molar-refractivity contribution is 0.486. The van der Waals surface area contributed by atoms with E-state index in [1.54, 1.807) is 12.1 Å². The highest BCUT2D eigenvalue weighted by Crippen LogP contribution is 2.48. The predicted octanol–water partition coefficient (Wildman–Crippen LogP) is 11.4. The summed E-state index contributed by atoms with van der Waals surface area (Å²) in [5.41, 5.74) is 15.2. The third-order valence-corrected chi connectivity index (χ3v) is 19.2. The Labute approximate surface area is 395 Å². The van der Waals surface area contributed by atoms with Crippen molar-refractivity contribution < 1.29 is 8.85 Å². The smallest absolute Gasteiger partial charge is 0.256 e. The molecule has 0 fully saturated rings. The summed E-state index contributed by atoms with van der Waals surface area (Å²) >= 11 is 0. The molecule has 0 atom stereocenters. The molecule has 12 rings (SSSR count). The summed E-state index contributed by atoms with van der Waals surface area (Å²) in [7, 11) is -2.91. The summed E-state index contributed by atoms with van der Waals surface area (Å²) in [6.45, 7) is 13.5. The van der Waals surface area contributed by atoms with Crippen molar-refractivity contribution in [3.8, 4) is 44.9 Å². The van der Waals surface area contributed by atoms with Crippen molar-refractivity contribution in [2.75, 3.05) is 4.90 Å². The van der Waals surface area contributed by atoms with Gasteiger partial charge in [0.05, 0.1) is 9.80 Å². The van der Waals surface area contributed by atoms with Gasteiger partial charge in [-0.1, -0.05) is 211 Å². The Morgan fingerprint density at radius 3 is 1.74 bits per heavy atom. The number of rotatable bonds is 5. The van der Waals surface area contributed by atoms with Crippen molar-refractivity contribution >= 4 is 69.0 Å². The molecule has 0 aliphatic carbocycles. The summed E-state index contributed by atoms with van der Waals surface area (Å²) in [6, 6.07) is 69.0. The Balaban J connectivity index is 1.25. The Morgan fingerprint density at radius 1 is 0.439 bits per heavy atom. The number of anilines is 3. The molecule has 0 amide bonds. The minimum atomic E-state index is -2.91. The van der Waals surface area contributed by atoms with Gasteiger partial charge in [0.1, 0.15) is 11.5 Å². The highest BCUT2D eigenvalue weighted by Gasteiger charge is 2.51. The van der Waals surface area contributed by atoms with Crippen LogP contribution < -0.4 is 46.8 Å². The van der Waals surface area contributed by atoms with E-state index < -0.39 is 8.07 Å². The predicted molar refractivity (Wildman–Crippen MR) is 283 cm³/mol. The lowest BCUT2D eigenvalue weighted by atomic mass is 9.34. The van der Waals surface area contributed by atoms with Crippen LogP contribution in [0.25, 0.3) is 33.4 Å². The molecule has 0 saturated heterocycles. The Morgan fingerprint density at radius 2 is 1.06 bits per heavy atom. The van der Waals surface area contributed by atoms with Crippen molar-refractivity contribution in [2.24, 2.45) is 0 Å². The quantitative estimate of drug-likeness (QED) is 0.160. The Kier molecular flexibility index (Phi) is 8.41. The van der Waals surface area contributed by atoms with Crippen LogP contribution in [-0.4, -0.2) is 14.8 Å². The summed E-state index contributed by atoms with van der Waals surface area (Å²) in [5.74, 6) is 1.57. The standard InChI is InChI=1S/C62H52BNOSi/c1-61(2,3)44-31-33-53(49(37-44)42-23-13-8-14-24-42)64-54-39-50-48-29-19-20-30-58(48)66(46-25-15-9-16-26-46,47-27-17-10-18-28-47)59(50)40-51(54)63-52-38-45(62(4,5)6)32-34-56(52)65-57-36-43(35-55(64)60(57)63)41-21-11-7-12-22-41/h7-40H,1-6H3/i7D,11D,12D. The van der Waals surface area contributed by atoms with Gasteiger partial charge in [-0.3, -0.25) is 0 Å². The molecule has 2 nitrogen and oxygen atoms in total. The van der Waals surface area contributed by atoms with E-state index in [0.29, 0.717) is 5.56 Å². The maximum Gasteiger partial charge on any atom is 0.256 e. The monoisotopic (exact) mass is 868 g/mol. The van der Waals surface area contributed by atoms with Gasteiger partial charge in [-0.05, 0) is 123 Å². The first-order chi connectivity index (χ1) is 33.2. The molecule has 318 valence electrons. The largest absolute Gasteiger partial charge is 0.458 e. The molecule has 3 aliphatic rings. The molecule has 66 heavy (non-hydrogen) atoms. The van der Waals surface area contributed by atoms with Gasteiger partial charge >= 0.3 is 0 Å². The molecule has 0 aromatic heterocycles. The minimum absolute atomic E-state index is 0.0211. The van der Waals surface area contributed by atoms with E-state index in [-0.39, 0.29) is 35.7 Å². The second-order valence-corrected chi connectivity index (χ2v) is 24.0. The molecule has 0 radical (unpaired) electrons. The molecule has 0 spiro atoms. The fourth-order valence-electron chi connectivity index (χ4n) is 11.1. The second-order valence-electron chi connectivity index (χ2n) is 20.3. The van der Waals surface area contributed by atoms with Gasteiger partial charge in [0.25, 0.3) is 6.71 Å². The molecule has 9 aromatic rings. The number of fused-ring (bicyclic) bond motifs is 7. The van der Waals surface area contributed by atoms with Crippen molar-refractivity contribution in [1.29, 1.82) is 0 Å². The molecule has 0 N–H and O–H groups in total. The summed E-state index contributed by atoms with van der Waals surface area (Å²) in [4.78, 5) is 2.49. The van der Waals surface area contributed by atoms with Crippen LogP contribution in [0.4, 0.5) is 17.1 Å². The molecule has 3 aliphatic heterocycles. The lowest BCUT2D eigenvalue weighted by Crippen LogP contribution is -2.73. The van der Waals surface area contributed by atoms with Crippen LogP contribution in [-0.2, 0) is 10.8 Å². The Hall–Kier alpha value is -7.14. The fourth-order valence-corrected chi connectivity index (χ4v) is 16.3. The minimum Gasteiger partial charge on any atom is -0.458 e. The topological polar surface area (TPSA) is 12.5 Å². The Bertz CT molecular complexity index is 3480. The van der Waals surface area contributed by atoms with Gasteiger partial charge in [-0.15, -0.1) is 0 Å². The van der Waals surface area contributed by atoms with E-state index in [9.17, 15) is 0 Å². The van der Waals surface area contributed by atoms with E-state index in [1.807, 2.05) is 0 Å². The second kappa shape index (κ2) is 15.0. The first-order valence-electron chi connectivity index (χ1n) is 24.7. The molecule has 4 heteroatoms. The average molecular weight is 869 g/mol. The SMILES string of the molecule is [2H]c1cc(-c2cc3c4c(c2)N(c2ccc(C(C)(C)C)cc2-c2ccccc2)c2cc5c(cc2B4c2cc(C(C)(C)C)ccc2O3)[Si](c2ccccc2)(c2ccccc2)c2ccccc2-5)cc([2H])c1[2H]. The van der Waals surface area contributed by atoms with Crippen molar-refractivity contribution in [3.05, 3.63) is 217 Å². The zero-order valence-corrected chi connectivity index (χ0v) is 39.3. The van der Waals surface area contributed by atoms with Crippen molar-refractivity contribution in [3.63, 3.8) is 0 Å². The van der Waals surface area contributed by atoms with Crippen molar-refractivity contribution in [2.45, 2.75) is 52.4 Å². The highest BCUT2D eigenvalue weighted by atomic mass is 28.3. The molecule has 0 unspecified atom stereocenters. The van der Waals surface area contributed by atoms with Gasteiger partial charge in [0, 0.05) is 16.9 Å². The third kappa shape index (κ3) is 6.15. The maximum atomic E-state index is 8.75. The van der Waals surface area contributed by atoms with E-state index in [0.717, 1.165) is 56.2 Å². The van der Waals surface area contributed by atoms with Crippen LogP contribution in [0.15, 0.2) is 206 Å². The van der Waals surface area contributed by atoms with E-state index in [4.69, 9.17) is 8.85 Å². The summed E-state index contributed by atoms with van der Waals surface area (Å²) in [6.07, 6.45) is 0. The third-order valence-electron chi connectivity index (χ3n) is 14.3. The van der Waals surface area contributed by atoms with Crippen LogP contribution in [0.3, 0.4) is 0 Å². The zero-order valence-electron chi connectivity index (χ0n) is 41.3. The van der Waals surface area contributed by atoms with Gasteiger partial charge in [-0.2, -0.15) is 0 Å². The van der Waals surface area contributed by atoms with Gasteiger partial charge < -0.3 is 9.64 Å². The maximum absolute atomic E-state index is 8.75. The van der Waals surface area contributed by atoms with Crippen LogP contribution in [0.2, 0.25) is 0 Å². The number of hydrogen-bond acceptors (Lipinski definition) is 2. The van der Waals surface area contributed by atoms with Gasteiger partial charge in [0.15, 0.2) is 8.07 Å². The molecule has 3 heterocycles. The first kappa shape index (κ1) is 37.1. The molecule has 0 saturated carbocycles. The van der Waals surface area contributed by atoms with Crippen LogP contribution in [0, 0.1) is 0 Å². The molecule has 0 bridgehead atoms. The summed E-state index contributed by atoms with van der Waals surface area (Å²) in [5, 5.41) is 5.49. The van der Waals surface area contributed by atoms with Crippen LogP contribution in [0.5, 0.6) is 11.5 Å². The van der Waals surface area contributed by atoms with Gasteiger partial charge in [-0.25, -0.2) is 0 Å². The fraction of sp³-hybridized carbons (Fsp3) is 0.129. The molecule has 9 aromatic carbocycles. The van der Waals surface area contributed by atoms with Crippen molar-refractivity contribution in [1.82, 2.24) is 0 Å². The van der Waals surface area contributed by atoms with Crippen LogP contribution >= 0.6 is 0 Å². The average Bonchev–Trinajstić information content (AvgIpc) is 3.64. The summed E-state index contributed by atoms with van der Waals surface area (Å²) < 4.78 is 33.1. The van der Waals surface area contributed by atoms with E-state index in [2.05, 4.69) is 222 Å². The number of benzene rings is 9. The number of ether oxygens (including phenoxy) is 1. The first-order valence-corrected chi connectivity index (χ1v) is 25.2. The number of hydrogen-bond donors (Lipinski definition) is 0. The van der Waals surface area contributed by atoms with E-state index >= 15 is 0 Å². The highest BCUT2D eigenvalue weighted by molar-refractivity contribution is 7.22. The number of nitrogens with zero attached hydrogens (tertiary/aromatic N) is 1.